The lowest BCUT2D eigenvalue weighted by atomic mass is 9.90. The van der Waals surface area contributed by atoms with Crippen molar-refractivity contribution in [3.05, 3.63) is 0 Å². The number of nitrogens with zero attached hydrogens (tertiary/aromatic N) is 1. The Morgan fingerprint density at radius 2 is 1.85 bits per heavy atom. The number of rotatable bonds is 8. The first-order valence-corrected chi connectivity index (χ1v) is 7.50. The monoisotopic (exact) mass is 296 g/mol. The zero-order valence-corrected chi connectivity index (χ0v) is 12.5. The van der Waals surface area contributed by atoms with Crippen molar-refractivity contribution in [3.8, 4) is 0 Å². The molecule has 0 saturated heterocycles. The van der Waals surface area contributed by atoms with E-state index in [1.807, 2.05) is 0 Å². The van der Waals surface area contributed by atoms with Crippen LogP contribution in [-0.4, -0.2) is 56.5 Å². The summed E-state index contributed by atoms with van der Waals surface area (Å²) < 4.78 is 40.3. The van der Waals surface area contributed by atoms with Crippen molar-refractivity contribution in [2.75, 3.05) is 33.4 Å². The van der Waals surface area contributed by atoms with Crippen LogP contribution in [0.3, 0.4) is 0 Å². The van der Waals surface area contributed by atoms with Crippen molar-refractivity contribution in [2.45, 2.75) is 57.3 Å². The van der Waals surface area contributed by atoms with Gasteiger partial charge in [0.05, 0.1) is 0 Å². The lowest BCUT2D eigenvalue weighted by Crippen LogP contribution is -2.41. The van der Waals surface area contributed by atoms with Gasteiger partial charge in [-0.1, -0.05) is 6.92 Å². The summed E-state index contributed by atoms with van der Waals surface area (Å²) in [5.74, 6) is 0. The van der Waals surface area contributed by atoms with Gasteiger partial charge in [-0.3, -0.25) is 0 Å². The van der Waals surface area contributed by atoms with Gasteiger partial charge in [0.1, 0.15) is 6.61 Å². The average Bonchev–Trinajstić information content (AvgIpc) is 2.38. The molecule has 0 amide bonds. The average molecular weight is 296 g/mol. The van der Waals surface area contributed by atoms with E-state index >= 15 is 0 Å². The molecule has 0 aromatic rings. The van der Waals surface area contributed by atoms with Gasteiger partial charge in [-0.05, 0) is 45.7 Å². The second-order valence-electron chi connectivity index (χ2n) is 5.57. The highest BCUT2D eigenvalue weighted by Gasteiger charge is 2.27. The molecule has 0 aliphatic heterocycles. The van der Waals surface area contributed by atoms with Crippen LogP contribution in [0, 0.1) is 0 Å². The van der Waals surface area contributed by atoms with Crippen molar-refractivity contribution in [1.82, 2.24) is 10.2 Å². The van der Waals surface area contributed by atoms with E-state index in [-0.39, 0.29) is 6.61 Å². The highest BCUT2D eigenvalue weighted by molar-refractivity contribution is 4.81. The normalized spacial score (nSPS) is 24.3. The van der Waals surface area contributed by atoms with Crippen molar-refractivity contribution in [2.24, 2.45) is 0 Å². The second kappa shape index (κ2) is 8.85. The lowest BCUT2D eigenvalue weighted by Gasteiger charge is -2.35. The molecule has 0 unspecified atom stereocenters. The van der Waals surface area contributed by atoms with Gasteiger partial charge < -0.3 is 15.0 Å². The highest BCUT2D eigenvalue weighted by Crippen LogP contribution is 2.22. The summed E-state index contributed by atoms with van der Waals surface area (Å²) in [6, 6.07) is 1.20. The van der Waals surface area contributed by atoms with Crippen LogP contribution in [0.25, 0.3) is 0 Å². The molecule has 6 heteroatoms. The van der Waals surface area contributed by atoms with E-state index in [9.17, 15) is 13.2 Å². The number of halogens is 3. The first kappa shape index (κ1) is 17.7. The summed E-state index contributed by atoms with van der Waals surface area (Å²) in [4.78, 5) is 2.26. The van der Waals surface area contributed by atoms with Gasteiger partial charge in [0, 0.05) is 25.2 Å². The minimum atomic E-state index is -4.21. The number of hydrogen-bond acceptors (Lipinski definition) is 3. The number of hydrogen-bond donors (Lipinski definition) is 1. The Morgan fingerprint density at radius 1 is 1.20 bits per heavy atom. The molecule has 0 radical (unpaired) electrons. The summed E-state index contributed by atoms with van der Waals surface area (Å²) in [6.45, 7) is 2.98. The fraction of sp³-hybridized carbons (Fsp3) is 1.00. The summed E-state index contributed by atoms with van der Waals surface area (Å²) in [7, 11) is 2.06. The lowest BCUT2D eigenvalue weighted by molar-refractivity contribution is -0.174. The van der Waals surface area contributed by atoms with E-state index in [1.165, 1.54) is 12.8 Å². The van der Waals surface area contributed by atoms with E-state index in [4.69, 9.17) is 0 Å². The molecule has 0 spiro atoms. The second-order valence-corrected chi connectivity index (χ2v) is 5.57. The molecule has 1 fully saturated rings. The molecule has 0 aromatic carbocycles. The van der Waals surface area contributed by atoms with Crippen LogP contribution in [0.5, 0.6) is 0 Å². The van der Waals surface area contributed by atoms with Crippen LogP contribution < -0.4 is 5.32 Å². The van der Waals surface area contributed by atoms with Crippen LogP contribution >= 0.6 is 0 Å². The van der Waals surface area contributed by atoms with E-state index < -0.39 is 12.8 Å². The Balaban J connectivity index is 2.07. The zero-order chi connectivity index (χ0) is 15.0. The predicted octanol–water partition coefficient (Wildman–Crippen LogP) is 2.81. The molecule has 0 bridgehead atoms. The summed E-state index contributed by atoms with van der Waals surface area (Å²) >= 11 is 0. The summed E-state index contributed by atoms with van der Waals surface area (Å²) in [6.07, 6.45) is 1.15. The van der Waals surface area contributed by atoms with E-state index in [2.05, 4.69) is 28.9 Å². The van der Waals surface area contributed by atoms with Gasteiger partial charge in [-0.2, -0.15) is 13.2 Å². The summed E-state index contributed by atoms with van der Waals surface area (Å²) in [5.41, 5.74) is 0. The maximum atomic E-state index is 11.9. The third kappa shape index (κ3) is 7.45. The number of nitrogens with one attached hydrogen (secondary N) is 1. The Kier molecular flexibility index (Phi) is 7.84. The minimum Gasteiger partial charge on any atom is -0.372 e. The highest BCUT2D eigenvalue weighted by atomic mass is 19.4. The molecular weight excluding hydrogens is 269 g/mol. The molecule has 0 atom stereocenters. The van der Waals surface area contributed by atoms with E-state index in [1.54, 1.807) is 0 Å². The van der Waals surface area contributed by atoms with Crippen molar-refractivity contribution in [1.29, 1.82) is 0 Å². The fourth-order valence-electron chi connectivity index (χ4n) is 2.80. The van der Waals surface area contributed by atoms with Crippen LogP contribution in [-0.2, 0) is 4.74 Å². The van der Waals surface area contributed by atoms with Gasteiger partial charge in [0.15, 0.2) is 0 Å². The van der Waals surface area contributed by atoms with Gasteiger partial charge in [0.2, 0.25) is 0 Å². The smallest absolute Gasteiger partial charge is 0.372 e. The van der Waals surface area contributed by atoms with Gasteiger partial charge in [0.25, 0.3) is 0 Å². The molecule has 120 valence electrons. The van der Waals surface area contributed by atoms with Crippen molar-refractivity contribution >= 4 is 0 Å². The molecule has 1 N–H and O–H groups in total. The van der Waals surface area contributed by atoms with Crippen molar-refractivity contribution in [3.63, 3.8) is 0 Å². The van der Waals surface area contributed by atoms with Crippen LogP contribution in [0.4, 0.5) is 13.2 Å². The van der Waals surface area contributed by atoms with Crippen LogP contribution in [0.15, 0.2) is 0 Å². The van der Waals surface area contributed by atoms with Crippen molar-refractivity contribution < 1.29 is 17.9 Å². The molecule has 0 aromatic heterocycles. The maximum absolute atomic E-state index is 11.9. The van der Waals surface area contributed by atoms with E-state index in [0.29, 0.717) is 18.5 Å². The fourth-order valence-corrected chi connectivity index (χ4v) is 2.80. The molecule has 1 aliphatic carbocycles. The quantitative estimate of drug-likeness (QED) is 0.697. The Morgan fingerprint density at radius 3 is 2.40 bits per heavy atom. The largest absolute Gasteiger partial charge is 0.411 e. The molecular formula is C14H27F3N2O. The molecule has 3 nitrogen and oxygen atoms in total. The minimum absolute atomic E-state index is 0.177. The van der Waals surface area contributed by atoms with Gasteiger partial charge in [-0.25, -0.2) is 0 Å². The topological polar surface area (TPSA) is 24.5 Å². The number of alkyl halides is 3. The first-order chi connectivity index (χ1) is 9.42. The predicted molar refractivity (Wildman–Crippen MR) is 73.8 cm³/mol. The van der Waals surface area contributed by atoms with E-state index in [0.717, 1.165) is 25.9 Å². The van der Waals surface area contributed by atoms with Gasteiger partial charge in [-0.15, -0.1) is 0 Å². The maximum Gasteiger partial charge on any atom is 0.411 e. The third-order valence-electron chi connectivity index (χ3n) is 3.88. The Labute approximate surface area is 119 Å². The standard InChI is InChI=1S/C14H27F3N2O/c1-3-18-12-5-7-13(8-6-12)19(2)9-4-10-20-11-14(15,16)17/h12-13,18H,3-11H2,1-2H3. The molecule has 20 heavy (non-hydrogen) atoms. The van der Waals surface area contributed by atoms with Gasteiger partial charge >= 0.3 is 6.18 Å². The molecule has 1 saturated carbocycles. The zero-order valence-electron chi connectivity index (χ0n) is 12.5. The Hall–Kier alpha value is -0.330. The summed E-state index contributed by atoms with van der Waals surface area (Å²) in [5, 5.41) is 3.47. The van der Waals surface area contributed by atoms with Crippen LogP contribution in [0.1, 0.15) is 39.0 Å². The van der Waals surface area contributed by atoms with Crippen LogP contribution in [0.2, 0.25) is 0 Å². The first-order valence-electron chi connectivity index (χ1n) is 7.50. The third-order valence-corrected chi connectivity index (χ3v) is 3.88. The molecule has 1 aliphatic rings. The Bertz CT molecular complexity index is 253. The SMILES string of the molecule is CCNC1CCC(N(C)CCCOCC(F)(F)F)CC1. The molecule has 0 heterocycles. The molecule has 1 rings (SSSR count). The number of ether oxygens (including phenoxy) is 1.